The number of ether oxygens (including phenoxy) is 1. The Bertz CT molecular complexity index is 563. The van der Waals surface area contributed by atoms with Crippen LogP contribution in [0.5, 0.6) is 5.75 Å². The van der Waals surface area contributed by atoms with Gasteiger partial charge in [-0.3, -0.25) is 9.78 Å². The second-order valence-corrected chi connectivity index (χ2v) is 6.67. The zero-order chi connectivity index (χ0) is 16.4. The smallest absolute Gasteiger partial charge is 0.249 e. The number of alkyl halides is 2. The van der Waals surface area contributed by atoms with Gasteiger partial charge in [0.25, 0.3) is 0 Å². The Kier molecular flexibility index (Phi) is 4.50. The lowest BCUT2D eigenvalue weighted by atomic mass is 9.80. The van der Waals surface area contributed by atoms with Gasteiger partial charge in [0.1, 0.15) is 5.75 Å². The van der Waals surface area contributed by atoms with Gasteiger partial charge in [-0.1, -0.05) is 0 Å². The molecule has 1 saturated carbocycles. The number of carbonyl (C=O) groups excluding carboxylic acids is 1. The lowest BCUT2D eigenvalue weighted by molar-refractivity contribution is -0.161. The molecule has 3 rings (SSSR count). The monoisotopic (exact) mass is 324 g/mol. The summed E-state index contributed by atoms with van der Waals surface area (Å²) in [7, 11) is 0. The quantitative estimate of drug-likeness (QED) is 0.855. The van der Waals surface area contributed by atoms with Gasteiger partial charge in [0.2, 0.25) is 11.8 Å². The molecule has 0 atom stereocenters. The number of pyridine rings is 1. The summed E-state index contributed by atoms with van der Waals surface area (Å²) >= 11 is 0. The summed E-state index contributed by atoms with van der Waals surface area (Å²) in [5.41, 5.74) is 0.917. The summed E-state index contributed by atoms with van der Waals surface area (Å²) in [5, 5.41) is 0. The summed E-state index contributed by atoms with van der Waals surface area (Å²) in [6.45, 7) is 3.82. The van der Waals surface area contributed by atoms with Gasteiger partial charge in [0, 0.05) is 49.8 Å². The van der Waals surface area contributed by atoms with Gasteiger partial charge in [-0.2, -0.15) is 0 Å². The lowest BCUT2D eigenvalue weighted by Gasteiger charge is -2.39. The van der Waals surface area contributed by atoms with Gasteiger partial charge in [-0.25, -0.2) is 8.78 Å². The molecule has 1 amide bonds. The van der Waals surface area contributed by atoms with Crippen molar-refractivity contribution in [3.8, 4) is 5.75 Å². The highest BCUT2D eigenvalue weighted by atomic mass is 19.3. The molecule has 0 aromatic carbocycles. The van der Waals surface area contributed by atoms with E-state index < -0.39 is 11.8 Å². The number of carbonyl (C=O) groups is 1. The van der Waals surface area contributed by atoms with E-state index >= 15 is 0 Å². The van der Waals surface area contributed by atoms with E-state index in [-0.39, 0.29) is 18.7 Å². The van der Waals surface area contributed by atoms with E-state index in [1.165, 1.54) is 0 Å². The minimum Gasteiger partial charge on any atom is -0.493 e. The SMILES string of the molecule is Cc1cc(OCC2CCN(C(=O)C3CC(F)(F)C3)CC2)ccn1. The first-order chi connectivity index (χ1) is 10.9. The first-order valence-electron chi connectivity index (χ1n) is 8.15. The highest BCUT2D eigenvalue weighted by molar-refractivity contribution is 5.80. The van der Waals surface area contributed by atoms with Crippen molar-refractivity contribution in [3.05, 3.63) is 24.0 Å². The number of likely N-dealkylation sites (tertiary alicyclic amines) is 1. The fourth-order valence-corrected chi connectivity index (χ4v) is 3.24. The number of aromatic nitrogens is 1. The second kappa shape index (κ2) is 6.42. The van der Waals surface area contributed by atoms with Crippen LogP contribution in [0.1, 0.15) is 31.4 Å². The third-order valence-electron chi connectivity index (χ3n) is 4.72. The van der Waals surface area contributed by atoms with Gasteiger partial charge >= 0.3 is 0 Å². The molecule has 6 heteroatoms. The molecule has 0 radical (unpaired) electrons. The van der Waals surface area contributed by atoms with Crippen LogP contribution in [-0.2, 0) is 4.79 Å². The highest BCUT2D eigenvalue weighted by Crippen LogP contribution is 2.43. The van der Waals surface area contributed by atoms with Crippen molar-refractivity contribution < 1.29 is 18.3 Å². The molecule has 2 fully saturated rings. The Morgan fingerprint density at radius 1 is 1.39 bits per heavy atom. The van der Waals surface area contributed by atoms with Crippen LogP contribution in [0.15, 0.2) is 18.3 Å². The largest absolute Gasteiger partial charge is 0.493 e. The third-order valence-corrected chi connectivity index (χ3v) is 4.72. The van der Waals surface area contributed by atoms with E-state index in [2.05, 4.69) is 4.98 Å². The van der Waals surface area contributed by atoms with Gasteiger partial charge < -0.3 is 9.64 Å². The first kappa shape index (κ1) is 16.1. The standard InChI is InChI=1S/C17H22F2N2O2/c1-12-8-15(2-5-20-12)23-11-13-3-6-21(7-4-13)16(22)14-9-17(18,19)10-14/h2,5,8,13-14H,3-4,6-7,9-11H2,1H3. The molecule has 0 unspecified atom stereocenters. The number of amides is 1. The lowest BCUT2D eigenvalue weighted by Crippen LogP contribution is -2.49. The van der Waals surface area contributed by atoms with Crippen molar-refractivity contribution in [1.29, 1.82) is 0 Å². The fraction of sp³-hybridized carbons (Fsp3) is 0.647. The molecule has 1 saturated heterocycles. The molecular weight excluding hydrogens is 302 g/mol. The van der Waals surface area contributed by atoms with Crippen molar-refractivity contribution in [2.75, 3.05) is 19.7 Å². The summed E-state index contributed by atoms with van der Waals surface area (Å²) < 4.78 is 31.5. The van der Waals surface area contributed by atoms with Gasteiger partial charge in [-0.05, 0) is 31.7 Å². The minimum absolute atomic E-state index is 0.0972. The van der Waals surface area contributed by atoms with Crippen LogP contribution in [0, 0.1) is 18.8 Å². The van der Waals surface area contributed by atoms with Crippen LogP contribution < -0.4 is 4.74 Å². The molecule has 1 aliphatic carbocycles. The third kappa shape index (κ3) is 3.98. The molecule has 0 spiro atoms. The zero-order valence-electron chi connectivity index (χ0n) is 13.3. The van der Waals surface area contributed by atoms with Crippen molar-refractivity contribution in [2.24, 2.45) is 11.8 Å². The van der Waals surface area contributed by atoms with Crippen LogP contribution in [0.25, 0.3) is 0 Å². The number of aryl methyl sites for hydroxylation is 1. The molecule has 1 aromatic rings. The second-order valence-electron chi connectivity index (χ2n) is 6.67. The summed E-state index contributed by atoms with van der Waals surface area (Å²) in [6, 6.07) is 3.73. The molecule has 23 heavy (non-hydrogen) atoms. The van der Waals surface area contributed by atoms with E-state index in [1.807, 2.05) is 19.1 Å². The molecular formula is C17H22F2N2O2. The highest BCUT2D eigenvalue weighted by Gasteiger charge is 2.49. The van der Waals surface area contributed by atoms with E-state index in [1.54, 1.807) is 11.1 Å². The molecule has 0 N–H and O–H groups in total. The van der Waals surface area contributed by atoms with E-state index in [4.69, 9.17) is 4.74 Å². The van der Waals surface area contributed by atoms with Gasteiger partial charge in [0.15, 0.2) is 0 Å². The predicted octanol–water partition coefficient (Wildman–Crippen LogP) is 3.05. The van der Waals surface area contributed by atoms with Crippen LogP contribution in [0.3, 0.4) is 0 Å². The average Bonchev–Trinajstić information content (AvgIpc) is 2.50. The zero-order valence-corrected chi connectivity index (χ0v) is 13.3. The normalized spacial score (nSPS) is 21.8. The van der Waals surface area contributed by atoms with Gasteiger partial charge in [0.05, 0.1) is 6.61 Å². The number of hydrogen-bond acceptors (Lipinski definition) is 3. The first-order valence-corrected chi connectivity index (χ1v) is 8.15. The maximum absolute atomic E-state index is 12.9. The molecule has 2 aliphatic rings. The summed E-state index contributed by atoms with van der Waals surface area (Å²) in [5.74, 6) is -1.99. The Balaban J connectivity index is 1.41. The Hall–Kier alpha value is -1.72. The summed E-state index contributed by atoms with van der Waals surface area (Å²) in [6.07, 6.45) is 2.88. The van der Waals surface area contributed by atoms with Crippen LogP contribution in [0.4, 0.5) is 8.78 Å². The number of hydrogen-bond donors (Lipinski definition) is 0. The molecule has 1 aliphatic heterocycles. The number of rotatable bonds is 4. The van der Waals surface area contributed by atoms with Crippen LogP contribution in [0.2, 0.25) is 0 Å². The average molecular weight is 324 g/mol. The number of nitrogens with zero attached hydrogens (tertiary/aromatic N) is 2. The maximum Gasteiger partial charge on any atom is 0.249 e. The number of halogens is 2. The van der Waals surface area contributed by atoms with Crippen LogP contribution in [-0.4, -0.2) is 41.4 Å². The molecule has 1 aromatic heterocycles. The predicted molar refractivity (Wildman–Crippen MR) is 81.4 cm³/mol. The maximum atomic E-state index is 12.9. The molecule has 4 nitrogen and oxygen atoms in total. The Labute approximate surface area is 134 Å². The van der Waals surface area contributed by atoms with Crippen LogP contribution >= 0.6 is 0 Å². The van der Waals surface area contributed by atoms with Gasteiger partial charge in [-0.15, -0.1) is 0 Å². The Morgan fingerprint density at radius 3 is 2.70 bits per heavy atom. The van der Waals surface area contributed by atoms with E-state index in [0.717, 1.165) is 24.3 Å². The topological polar surface area (TPSA) is 42.4 Å². The summed E-state index contributed by atoms with van der Waals surface area (Å²) in [4.78, 5) is 18.0. The van der Waals surface area contributed by atoms with Crippen molar-refractivity contribution in [1.82, 2.24) is 9.88 Å². The molecule has 126 valence electrons. The van der Waals surface area contributed by atoms with Crippen molar-refractivity contribution >= 4 is 5.91 Å². The molecule has 0 bridgehead atoms. The van der Waals surface area contributed by atoms with E-state index in [0.29, 0.717) is 25.6 Å². The van der Waals surface area contributed by atoms with Crippen molar-refractivity contribution in [2.45, 2.75) is 38.5 Å². The minimum atomic E-state index is -2.63. The molecule has 2 heterocycles. The Morgan fingerprint density at radius 2 is 2.09 bits per heavy atom. The number of piperidine rings is 1. The van der Waals surface area contributed by atoms with E-state index in [9.17, 15) is 13.6 Å². The fourth-order valence-electron chi connectivity index (χ4n) is 3.24. The van der Waals surface area contributed by atoms with Crippen molar-refractivity contribution in [3.63, 3.8) is 0 Å².